The number of benzene rings is 2. The average Bonchev–Trinajstić information content (AvgIpc) is 3.40. The number of anilines is 1. The summed E-state index contributed by atoms with van der Waals surface area (Å²) in [6, 6.07) is 18.7. The molecule has 1 aromatic heterocycles. The van der Waals surface area contributed by atoms with Crippen molar-refractivity contribution in [2.45, 2.75) is 24.0 Å². The maximum Gasteiger partial charge on any atom is 0.217 e. The van der Waals surface area contributed by atoms with Crippen molar-refractivity contribution in [1.29, 1.82) is 0 Å². The maximum absolute atomic E-state index is 6.29. The summed E-state index contributed by atoms with van der Waals surface area (Å²) in [5.74, 6) is 1.71. The van der Waals surface area contributed by atoms with Gasteiger partial charge in [-0.25, -0.2) is 0 Å². The molecule has 0 spiro atoms. The summed E-state index contributed by atoms with van der Waals surface area (Å²) < 4.78 is 8.41. The van der Waals surface area contributed by atoms with E-state index >= 15 is 0 Å². The van der Waals surface area contributed by atoms with Gasteiger partial charge in [-0.05, 0) is 24.3 Å². The van der Waals surface area contributed by atoms with Gasteiger partial charge < -0.3 is 15.0 Å². The quantitative estimate of drug-likeness (QED) is 0.447. The minimum Gasteiger partial charge on any atom is -0.378 e. The van der Waals surface area contributed by atoms with Gasteiger partial charge in [0.1, 0.15) is 12.6 Å². The number of allylic oxidation sites excluding steroid dienone is 1. The first kappa shape index (κ1) is 20.7. The van der Waals surface area contributed by atoms with Gasteiger partial charge in [0, 0.05) is 43.2 Å². The van der Waals surface area contributed by atoms with E-state index < -0.39 is 0 Å². The summed E-state index contributed by atoms with van der Waals surface area (Å²) in [5, 5.41) is 12.0. The van der Waals surface area contributed by atoms with Gasteiger partial charge in [-0.1, -0.05) is 48.2 Å². The number of thioether (sulfide) groups is 1. The van der Waals surface area contributed by atoms with E-state index in [1.165, 1.54) is 11.3 Å². The van der Waals surface area contributed by atoms with Crippen LogP contribution in [0.3, 0.4) is 0 Å². The van der Waals surface area contributed by atoms with E-state index in [9.17, 15) is 0 Å². The first-order chi connectivity index (χ1) is 14.7. The molecule has 0 bridgehead atoms. The fourth-order valence-corrected chi connectivity index (χ4v) is 4.50. The maximum atomic E-state index is 6.29. The zero-order valence-electron chi connectivity index (χ0n) is 17.4. The molecule has 30 heavy (non-hydrogen) atoms. The summed E-state index contributed by atoms with van der Waals surface area (Å²) in [5.41, 5.74) is 3.46. The molecule has 6 nitrogen and oxygen atoms in total. The third kappa shape index (κ3) is 4.59. The van der Waals surface area contributed by atoms with Crippen LogP contribution >= 0.6 is 11.8 Å². The van der Waals surface area contributed by atoms with Crippen molar-refractivity contribution < 1.29 is 10.1 Å². The molecule has 1 fully saturated rings. The summed E-state index contributed by atoms with van der Waals surface area (Å²) in [7, 11) is 4.10. The van der Waals surface area contributed by atoms with Gasteiger partial charge in [-0.15, -0.1) is 16.8 Å². The van der Waals surface area contributed by atoms with Crippen LogP contribution in [0.25, 0.3) is 11.4 Å². The molecule has 0 aliphatic carbocycles. The highest BCUT2D eigenvalue weighted by molar-refractivity contribution is 7.99. The minimum atomic E-state index is 0.0535. The number of rotatable bonds is 8. The molecule has 0 saturated carbocycles. The molecule has 3 aromatic rings. The van der Waals surface area contributed by atoms with Crippen LogP contribution in [0.2, 0.25) is 0 Å². The third-order valence-electron chi connectivity index (χ3n) is 5.15. The highest BCUT2D eigenvalue weighted by Gasteiger charge is 2.30. The van der Waals surface area contributed by atoms with E-state index in [1.807, 2.05) is 24.3 Å². The lowest BCUT2D eigenvalue weighted by molar-refractivity contribution is -0.697. The van der Waals surface area contributed by atoms with Crippen molar-refractivity contribution in [3.05, 3.63) is 72.8 Å². The number of ether oxygens (including phenoxy) is 1. The predicted molar refractivity (Wildman–Crippen MR) is 122 cm³/mol. The predicted octanol–water partition coefficient (Wildman–Crippen LogP) is 2.95. The van der Waals surface area contributed by atoms with Crippen molar-refractivity contribution in [2.24, 2.45) is 0 Å². The SMILES string of the molecule is C=CCn1c(SC[C@H]2C[NH2+][C@H](c3ccc(N(C)C)cc3)O2)nnc1-c1ccccc1. The third-order valence-corrected chi connectivity index (χ3v) is 6.25. The summed E-state index contributed by atoms with van der Waals surface area (Å²) in [4.78, 5) is 2.10. The van der Waals surface area contributed by atoms with E-state index in [0.29, 0.717) is 6.54 Å². The summed E-state index contributed by atoms with van der Waals surface area (Å²) in [6.07, 6.45) is 2.10. The normalized spacial score (nSPS) is 18.5. The molecule has 4 rings (SSSR count). The topological polar surface area (TPSA) is 59.8 Å². The Balaban J connectivity index is 1.39. The van der Waals surface area contributed by atoms with E-state index in [0.717, 1.165) is 28.8 Å². The van der Waals surface area contributed by atoms with Crippen LogP contribution in [0.15, 0.2) is 72.4 Å². The van der Waals surface area contributed by atoms with Crippen LogP contribution in [0.4, 0.5) is 5.69 Å². The number of nitrogens with zero attached hydrogens (tertiary/aromatic N) is 4. The summed E-state index contributed by atoms with van der Waals surface area (Å²) in [6.45, 7) is 5.51. The molecule has 156 valence electrons. The van der Waals surface area contributed by atoms with Gasteiger partial charge in [-0.2, -0.15) is 0 Å². The van der Waals surface area contributed by atoms with Gasteiger partial charge in [0.05, 0.1) is 0 Å². The van der Waals surface area contributed by atoms with Crippen LogP contribution in [0.1, 0.15) is 11.8 Å². The van der Waals surface area contributed by atoms with E-state index in [4.69, 9.17) is 4.74 Å². The lowest BCUT2D eigenvalue weighted by atomic mass is 10.2. The van der Waals surface area contributed by atoms with Crippen LogP contribution in [0, 0.1) is 0 Å². The van der Waals surface area contributed by atoms with Crippen LogP contribution in [-0.2, 0) is 11.3 Å². The second kappa shape index (κ2) is 9.47. The van der Waals surface area contributed by atoms with Gasteiger partial charge >= 0.3 is 0 Å². The molecule has 0 radical (unpaired) electrons. The molecular formula is C23H28N5OS+. The van der Waals surface area contributed by atoms with Gasteiger partial charge in [0.2, 0.25) is 6.23 Å². The largest absolute Gasteiger partial charge is 0.378 e. The molecule has 0 unspecified atom stereocenters. The Kier molecular flexibility index (Phi) is 6.52. The zero-order chi connectivity index (χ0) is 20.9. The Hall–Kier alpha value is -2.61. The number of hydrogen-bond acceptors (Lipinski definition) is 5. The minimum absolute atomic E-state index is 0.0535. The Bertz CT molecular complexity index is 971. The zero-order valence-corrected chi connectivity index (χ0v) is 18.3. The molecule has 1 saturated heterocycles. The Morgan fingerprint density at radius 1 is 1.17 bits per heavy atom. The smallest absolute Gasteiger partial charge is 0.217 e. The molecule has 7 heteroatoms. The van der Waals surface area contributed by atoms with Crippen LogP contribution in [-0.4, -0.2) is 47.3 Å². The Morgan fingerprint density at radius 3 is 2.63 bits per heavy atom. The number of quaternary nitrogens is 1. The Morgan fingerprint density at radius 2 is 1.93 bits per heavy atom. The monoisotopic (exact) mass is 422 g/mol. The van der Waals surface area contributed by atoms with Crippen molar-refractivity contribution in [2.75, 3.05) is 31.3 Å². The molecule has 2 heterocycles. The van der Waals surface area contributed by atoms with Crippen molar-refractivity contribution >= 4 is 17.4 Å². The molecule has 2 N–H and O–H groups in total. The standard InChI is InChI=1S/C23H27N5OS/c1-4-14-28-21(17-8-6-5-7-9-17)25-26-23(28)30-16-20-15-24-22(29-20)18-10-12-19(13-11-18)27(2)3/h4-13,20,22,24H,1,14-16H2,2-3H3/p+1/t20-,22+/m1/s1. The number of hydrogen-bond donors (Lipinski definition) is 1. The molecular weight excluding hydrogens is 394 g/mol. The lowest BCUT2D eigenvalue weighted by Gasteiger charge is -2.14. The van der Waals surface area contributed by atoms with Crippen LogP contribution in [0.5, 0.6) is 0 Å². The molecule has 0 amide bonds. The highest BCUT2D eigenvalue weighted by Crippen LogP contribution is 2.26. The molecule has 1 aliphatic heterocycles. The van der Waals surface area contributed by atoms with Crippen LogP contribution < -0.4 is 10.2 Å². The van der Waals surface area contributed by atoms with Gasteiger partial charge in [-0.3, -0.25) is 4.57 Å². The molecule has 2 atom stereocenters. The van der Waals surface area contributed by atoms with Crippen molar-refractivity contribution in [1.82, 2.24) is 14.8 Å². The van der Waals surface area contributed by atoms with Gasteiger partial charge in [0.15, 0.2) is 11.0 Å². The first-order valence-corrected chi connectivity index (χ1v) is 11.1. The summed E-state index contributed by atoms with van der Waals surface area (Å²) >= 11 is 1.69. The van der Waals surface area contributed by atoms with Crippen molar-refractivity contribution in [3.63, 3.8) is 0 Å². The fourth-order valence-electron chi connectivity index (χ4n) is 3.54. The second-order valence-corrected chi connectivity index (χ2v) is 8.51. The van der Waals surface area contributed by atoms with E-state index in [2.05, 4.69) is 82.1 Å². The molecule has 2 aromatic carbocycles. The Labute approximate surface area is 182 Å². The second-order valence-electron chi connectivity index (χ2n) is 7.52. The first-order valence-electron chi connectivity index (χ1n) is 10.1. The fraction of sp³-hybridized carbons (Fsp3) is 0.304. The van der Waals surface area contributed by atoms with E-state index in [-0.39, 0.29) is 12.3 Å². The number of nitrogens with two attached hydrogens (primary N) is 1. The van der Waals surface area contributed by atoms with Gasteiger partial charge in [0.25, 0.3) is 0 Å². The average molecular weight is 423 g/mol. The molecule has 1 aliphatic rings. The number of aromatic nitrogens is 3. The highest BCUT2D eigenvalue weighted by atomic mass is 32.2. The van der Waals surface area contributed by atoms with Crippen molar-refractivity contribution in [3.8, 4) is 11.4 Å². The van der Waals surface area contributed by atoms with E-state index in [1.54, 1.807) is 11.8 Å². The lowest BCUT2D eigenvalue weighted by Crippen LogP contribution is -2.82.